The van der Waals surface area contributed by atoms with Gasteiger partial charge in [-0.3, -0.25) is 4.79 Å². The smallest absolute Gasteiger partial charge is 0.222 e. The van der Waals surface area contributed by atoms with Gasteiger partial charge < -0.3 is 20.6 Å². The fourth-order valence-electron chi connectivity index (χ4n) is 5.87. The first-order valence-electron chi connectivity index (χ1n) is 19.0. The van der Waals surface area contributed by atoms with E-state index in [2.05, 4.69) is 31.3 Å². The lowest BCUT2D eigenvalue weighted by molar-refractivity contribution is -0.125. The Morgan fingerprint density at radius 3 is 1.35 bits per heavy atom. The molecule has 3 atom stereocenters. The van der Waals surface area contributed by atoms with Crippen LogP contribution in [0.15, 0.2) is 12.2 Å². The second-order valence-corrected chi connectivity index (χ2v) is 13.2. The van der Waals surface area contributed by atoms with E-state index < -0.39 is 18.2 Å². The molecule has 0 saturated heterocycles. The summed E-state index contributed by atoms with van der Waals surface area (Å²) in [6.07, 6.45) is 37.3. The van der Waals surface area contributed by atoms with Crippen molar-refractivity contribution in [1.29, 1.82) is 0 Å². The fourth-order valence-corrected chi connectivity index (χ4v) is 5.87. The molecule has 0 radical (unpaired) electrons. The van der Waals surface area contributed by atoms with Crippen LogP contribution in [0.4, 0.5) is 0 Å². The van der Waals surface area contributed by atoms with Crippen LogP contribution in [0.25, 0.3) is 0 Å². The third kappa shape index (κ3) is 30.9. The Balaban J connectivity index is 3.68. The Hall–Kier alpha value is -0.910. The summed E-state index contributed by atoms with van der Waals surface area (Å²) in [6, 6.07) is -0.656. The van der Waals surface area contributed by atoms with Crippen molar-refractivity contribution in [3.8, 4) is 0 Å². The minimum atomic E-state index is -0.746. The van der Waals surface area contributed by atoms with Gasteiger partial charge in [0.25, 0.3) is 0 Å². The number of allylic oxidation sites excluding steroid dienone is 2. The van der Waals surface area contributed by atoms with Crippen molar-refractivity contribution in [2.24, 2.45) is 0 Å². The van der Waals surface area contributed by atoms with Gasteiger partial charge in [0, 0.05) is 0 Å². The van der Waals surface area contributed by atoms with Crippen LogP contribution in [0.5, 0.6) is 0 Å². The van der Waals surface area contributed by atoms with Gasteiger partial charge in [0.15, 0.2) is 0 Å². The molecular formula is C38H75NO4. The highest BCUT2D eigenvalue weighted by Crippen LogP contribution is 2.15. The highest BCUT2D eigenvalue weighted by Gasteiger charge is 2.21. The Bertz CT molecular complexity index is 596. The predicted molar refractivity (Wildman–Crippen MR) is 185 cm³/mol. The summed E-state index contributed by atoms with van der Waals surface area (Å²) < 4.78 is 0. The largest absolute Gasteiger partial charge is 0.394 e. The van der Waals surface area contributed by atoms with E-state index >= 15 is 0 Å². The van der Waals surface area contributed by atoms with Crippen LogP contribution < -0.4 is 5.32 Å². The van der Waals surface area contributed by atoms with Gasteiger partial charge in [-0.2, -0.15) is 0 Å². The Kier molecular flexibility index (Phi) is 33.3. The van der Waals surface area contributed by atoms with E-state index in [4.69, 9.17) is 0 Å². The molecule has 0 aliphatic rings. The number of nitrogens with one attached hydrogen (secondary N) is 1. The van der Waals surface area contributed by atoms with Crippen LogP contribution >= 0.6 is 0 Å². The second kappa shape index (κ2) is 34.0. The van der Waals surface area contributed by atoms with Crippen molar-refractivity contribution >= 4 is 5.91 Å². The SMILES string of the molecule is CCCCCCCC/C=C\CCCCCCCC(O)CC(=O)NC(CO)C(O)CCCCCCCCCCCCCCC. The van der Waals surface area contributed by atoms with E-state index in [1.54, 1.807) is 0 Å². The summed E-state index contributed by atoms with van der Waals surface area (Å²) in [5, 5.41) is 33.2. The monoisotopic (exact) mass is 610 g/mol. The van der Waals surface area contributed by atoms with Crippen LogP contribution in [0.3, 0.4) is 0 Å². The number of hydrogen-bond donors (Lipinski definition) is 4. The molecular weight excluding hydrogens is 534 g/mol. The average Bonchev–Trinajstić information content (AvgIpc) is 3.00. The molecule has 0 aliphatic carbocycles. The third-order valence-corrected chi connectivity index (χ3v) is 8.83. The van der Waals surface area contributed by atoms with E-state index in [1.807, 2.05) is 0 Å². The molecule has 0 aromatic rings. The van der Waals surface area contributed by atoms with E-state index in [9.17, 15) is 20.1 Å². The van der Waals surface area contributed by atoms with Crippen molar-refractivity contribution < 1.29 is 20.1 Å². The van der Waals surface area contributed by atoms with Gasteiger partial charge in [-0.1, -0.05) is 167 Å². The Morgan fingerprint density at radius 1 is 0.558 bits per heavy atom. The zero-order valence-corrected chi connectivity index (χ0v) is 28.8. The lowest BCUT2D eigenvalue weighted by Gasteiger charge is -2.23. The van der Waals surface area contributed by atoms with Gasteiger partial charge in [0.2, 0.25) is 5.91 Å². The molecule has 256 valence electrons. The summed E-state index contributed by atoms with van der Waals surface area (Å²) in [5.74, 6) is -0.288. The zero-order valence-electron chi connectivity index (χ0n) is 28.8. The maximum atomic E-state index is 12.4. The highest BCUT2D eigenvalue weighted by molar-refractivity contribution is 5.76. The van der Waals surface area contributed by atoms with Gasteiger partial charge >= 0.3 is 0 Å². The molecule has 0 bridgehead atoms. The molecule has 5 heteroatoms. The highest BCUT2D eigenvalue weighted by atomic mass is 16.3. The lowest BCUT2D eigenvalue weighted by Crippen LogP contribution is -2.46. The van der Waals surface area contributed by atoms with Gasteiger partial charge in [0.1, 0.15) is 0 Å². The number of unbranched alkanes of at least 4 members (excludes halogenated alkanes) is 23. The first kappa shape index (κ1) is 42.1. The Labute approximate surface area is 268 Å². The zero-order chi connectivity index (χ0) is 31.6. The fraction of sp³-hybridized carbons (Fsp3) is 0.921. The number of amides is 1. The van der Waals surface area contributed by atoms with Crippen molar-refractivity contribution in [2.45, 2.75) is 218 Å². The number of carbonyl (C=O) groups is 1. The molecule has 0 aromatic heterocycles. The van der Waals surface area contributed by atoms with Gasteiger partial charge in [-0.05, 0) is 38.5 Å². The van der Waals surface area contributed by atoms with Crippen LogP contribution in [0.2, 0.25) is 0 Å². The van der Waals surface area contributed by atoms with Crippen LogP contribution in [0, 0.1) is 0 Å². The molecule has 0 aliphatic heterocycles. The molecule has 43 heavy (non-hydrogen) atoms. The maximum absolute atomic E-state index is 12.4. The number of carbonyl (C=O) groups excluding carboxylic acids is 1. The van der Waals surface area contributed by atoms with Crippen molar-refractivity contribution in [3.05, 3.63) is 12.2 Å². The van der Waals surface area contributed by atoms with Crippen LogP contribution in [-0.2, 0) is 4.79 Å². The number of rotatable bonds is 34. The lowest BCUT2D eigenvalue weighted by atomic mass is 10.0. The Morgan fingerprint density at radius 2 is 0.930 bits per heavy atom. The van der Waals surface area contributed by atoms with Crippen LogP contribution in [0.1, 0.15) is 200 Å². The molecule has 0 rings (SSSR count). The van der Waals surface area contributed by atoms with Crippen molar-refractivity contribution in [1.82, 2.24) is 5.32 Å². The molecule has 5 nitrogen and oxygen atoms in total. The first-order valence-corrected chi connectivity index (χ1v) is 19.0. The number of aliphatic hydroxyl groups excluding tert-OH is 3. The quantitative estimate of drug-likeness (QED) is 0.0432. The summed E-state index contributed by atoms with van der Waals surface area (Å²) in [5.41, 5.74) is 0. The molecule has 0 aromatic carbocycles. The summed E-state index contributed by atoms with van der Waals surface area (Å²) in [6.45, 7) is 4.24. The molecule has 4 N–H and O–H groups in total. The minimum Gasteiger partial charge on any atom is -0.394 e. The van der Waals surface area contributed by atoms with Gasteiger partial charge in [-0.15, -0.1) is 0 Å². The van der Waals surface area contributed by atoms with Gasteiger partial charge in [-0.25, -0.2) is 0 Å². The molecule has 1 amide bonds. The minimum absolute atomic E-state index is 0.0331. The standard InChI is InChI=1S/C38H75NO4/c1-3-5-7-9-11-13-15-17-18-20-21-23-25-27-29-31-35(41)33-38(43)39-36(34-40)37(42)32-30-28-26-24-22-19-16-14-12-10-8-6-4-2/h17-18,35-37,40-42H,3-16,19-34H2,1-2H3,(H,39,43)/b18-17-. The first-order chi connectivity index (χ1) is 21.0. The van der Waals surface area contributed by atoms with E-state index in [0.717, 1.165) is 32.1 Å². The number of hydrogen-bond acceptors (Lipinski definition) is 4. The number of aliphatic hydroxyl groups is 3. The molecule has 3 unspecified atom stereocenters. The summed E-state index contributed by atoms with van der Waals surface area (Å²) in [7, 11) is 0. The average molecular weight is 610 g/mol. The second-order valence-electron chi connectivity index (χ2n) is 13.2. The van der Waals surface area contributed by atoms with E-state index in [1.165, 1.54) is 135 Å². The molecule has 0 spiro atoms. The third-order valence-electron chi connectivity index (χ3n) is 8.83. The van der Waals surface area contributed by atoms with Crippen molar-refractivity contribution in [2.75, 3.05) is 6.61 Å². The molecule has 0 heterocycles. The van der Waals surface area contributed by atoms with E-state index in [0.29, 0.717) is 12.8 Å². The molecule has 0 saturated carbocycles. The van der Waals surface area contributed by atoms with Crippen LogP contribution in [-0.4, -0.2) is 46.1 Å². The topological polar surface area (TPSA) is 89.8 Å². The normalized spacial score (nSPS) is 13.9. The van der Waals surface area contributed by atoms with Gasteiger partial charge in [0.05, 0.1) is 31.3 Å². The summed E-state index contributed by atoms with van der Waals surface area (Å²) >= 11 is 0. The van der Waals surface area contributed by atoms with E-state index in [-0.39, 0.29) is 18.9 Å². The predicted octanol–water partition coefficient (Wildman–Crippen LogP) is 10.1. The van der Waals surface area contributed by atoms with Crippen molar-refractivity contribution in [3.63, 3.8) is 0 Å². The molecule has 0 fully saturated rings. The maximum Gasteiger partial charge on any atom is 0.222 e. The summed E-state index contributed by atoms with van der Waals surface area (Å²) in [4.78, 5) is 12.4.